The van der Waals surface area contributed by atoms with Gasteiger partial charge in [-0.25, -0.2) is 0 Å². The molecular formula is C6H15N. The van der Waals surface area contributed by atoms with E-state index in [1.54, 1.807) is 0 Å². The van der Waals surface area contributed by atoms with Crippen LogP contribution in [-0.4, -0.2) is 6.04 Å². The van der Waals surface area contributed by atoms with Crippen LogP contribution in [0.4, 0.5) is 0 Å². The molecule has 44 valence electrons. The van der Waals surface area contributed by atoms with Crippen molar-refractivity contribution >= 4 is 0 Å². The summed E-state index contributed by atoms with van der Waals surface area (Å²) in [6, 6.07) is 0.366. The molecule has 0 aliphatic heterocycles. The monoisotopic (exact) mass is 101 g/mol. The summed E-state index contributed by atoms with van der Waals surface area (Å²) < 4.78 is 0. The van der Waals surface area contributed by atoms with Crippen molar-refractivity contribution in [2.45, 2.75) is 33.2 Å². The minimum atomic E-state index is 0.366. The van der Waals surface area contributed by atoms with E-state index in [1.807, 2.05) is 6.92 Å². The summed E-state index contributed by atoms with van der Waals surface area (Å²) in [5.41, 5.74) is 5.55. The first-order chi connectivity index (χ1) is 3.18. The van der Waals surface area contributed by atoms with Crippen molar-refractivity contribution in [3.63, 3.8) is 0 Å². The van der Waals surface area contributed by atoms with Crippen LogP contribution in [0.15, 0.2) is 0 Å². The highest BCUT2D eigenvalue weighted by molar-refractivity contribution is 4.59. The average molecular weight is 101 g/mol. The lowest BCUT2D eigenvalue weighted by Gasteiger charge is -2.10. The third-order valence-electron chi connectivity index (χ3n) is 1.54. The average Bonchev–Trinajstić information content (AvgIpc) is 1.65. The molecule has 0 rings (SSSR count). The van der Waals surface area contributed by atoms with Gasteiger partial charge in [-0.2, -0.15) is 0 Å². The summed E-state index contributed by atoms with van der Waals surface area (Å²) in [4.78, 5) is 0. The number of hydrogen-bond acceptors (Lipinski definition) is 1. The summed E-state index contributed by atoms with van der Waals surface area (Å²) in [7, 11) is 0. The normalized spacial score (nSPS) is 18.9. The van der Waals surface area contributed by atoms with Crippen LogP contribution in [0.25, 0.3) is 0 Å². The highest BCUT2D eigenvalue weighted by atomic mass is 14.6. The molecule has 0 aliphatic rings. The van der Waals surface area contributed by atoms with Gasteiger partial charge in [0.15, 0.2) is 0 Å². The van der Waals surface area contributed by atoms with E-state index in [9.17, 15) is 0 Å². The second-order valence-corrected chi connectivity index (χ2v) is 2.24. The van der Waals surface area contributed by atoms with Crippen molar-refractivity contribution in [1.29, 1.82) is 0 Å². The molecule has 7 heavy (non-hydrogen) atoms. The van der Waals surface area contributed by atoms with E-state index in [2.05, 4.69) is 13.8 Å². The van der Waals surface area contributed by atoms with Crippen LogP contribution < -0.4 is 5.73 Å². The maximum atomic E-state index is 5.55. The lowest BCUT2D eigenvalue weighted by Crippen LogP contribution is -2.23. The molecule has 0 aromatic carbocycles. The Hall–Kier alpha value is -0.0400. The molecule has 0 saturated heterocycles. The first-order valence-electron chi connectivity index (χ1n) is 2.94. The van der Waals surface area contributed by atoms with Crippen molar-refractivity contribution in [2.75, 3.05) is 0 Å². The highest BCUT2D eigenvalue weighted by Crippen LogP contribution is 2.02. The number of rotatable bonds is 2. The van der Waals surface area contributed by atoms with Gasteiger partial charge in [0, 0.05) is 6.04 Å². The third-order valence-corrected chi connectivity index (χ3v) is 1.54. The topological polar surface area (TPSA) is 26.0 Å². The van der Waals surface area contributed by atoms with Crippen LogP contribution in [0.1, 0.15) is 27.2 Å². The highest BCUT2D eigenvalue weighted by Gasteiger charge is 2.01. The van der Waals surface area contributed by atoms with E-state index in [-0.39, 0.29) is 0 Å². The van der Waals surface area contributed by atoms with Crippen molar-refractivity contribution in [2.24, 2.45) is 11.7 Å². The van der Waals surface area contributed by atoms with Crippen molar-refractivity contribution in [3.05, 3.63) is 0 Å². The van der Waals surface area contributed by atoms with Crippen LogP contribution >= 0.6 is 0 Å². The quantitative estimate of drug-likeness (QED) is 0.558. The predicted octanol–water partition coefficient (Wildman–Crippen LogP) is 1.38. The van der Waals surface area contributed by atoms with Gasteiger partial charge >= 0.3 is 0 Å². The van der Waals surface area contributed by atoms with Gasteiger partial charge < -0.3 is 5.73 Å². The molecule has 0 bridgehead atoms. The molecule has 1 heteroatoms. The molecule has 2 atom stereocenters. The Morgan fingerprint density at radius 1 is 1.43 bits per heavy atom. The first-order valence-corrected chi connectivity index (χ1v) is 2.94. The summed E-state index contributed by atoms with van der Waals surface area (Å²) in [6.45, 7) is 6.38. The fourth-order valence-corrected chi connectivity index (χ4v) is 0.372. The number of nitrogens with two attached hydrogens (primary N) is 1. The molecule has 0 spiro atoms. The van der Waals surface area contributed by atoms with E-state index in [0.29, 0.717) is 12.0 Å². The lowest BCUT2D eigenvalue weighted by molar-refractivity contribution is 0.470. The van der Waals surface area contributed by atoms with Crippen LogP contribution in [-0.2, 0) is 0 Å². The third kappa shape index (κ3) is 2.63. The minimum absolute atomic E-state index is 0.366. The van der Waals surface area contributed by atoms with E-state index in [4.69, 9.17) is 5.73 Å². The Bertz CT molecular complexity index is 41.4. The van der Waals surface area contributed by atoms with Gasteiger partial charge in [-0.05, 0) is 12.8 Å². The van der Waals surface area contributed by atoms with Gasteiger partial charge in [0.2, 0.25) is 0 Å². The maximum absolute atomic E-state index is 5.55. The fourth-order valence-electron chi connectivity index (χ4n) is 0.372. The summed E-state index contributed by atoms with van der Waals surface area (Å²) in [5, 5.41) is 0. The van der Waals surface area contributed by atoms with Crippen molar-refractivity contribution in [1.82, 2.24) is 0 Å². The summed E-state index contributed by atoms with van der Waals surface area (Å²) in [6.07, 6.45) is 1.19. The van der Waals surface area contributed by atoms with Crippen LogP contribution in [0.3, 0.4) is 0 Å². The van der Waals surface area contributed by atoms with Crippen molar-refractivity contribution in [3.8, 4) is 0 Å². The van der Waals surface area contributed by atoms with Crippen LogP contribution in [0.2, 0.25) is 0 Å². The molecule has 0 saturated carbocycles. The van der Waals surface area contributed by atoms with E-state index < -0.39 is 0 Å². The SMILES string of the molecule is CCC(C)[C@@H](C)N. The smallest absolute Gasteiger partial charge is 0.00360 e. The molecule has 0 amide bonds. The van der Waals surface area contributed by atoms with Gasteiger partial charge in [-0.3, -0.25) is 0 Å². The Morgan fingerprint density at radius 2 is 1.86 bits per heavy atom. The largest absolute Gasteiger partial charge is 0.328 e. The van der Waals surface area contributed by atoms with Crippen molar-refractivity contribution < 1.29 is 0 Å². The van der Waals surface area contributed by atoms with E-state index in [1.165, 1.54) is 6.42 Å². The lowest BCUT2D eigenvalue weighted by atomic mass is 10.0. The second-order valence-electron chi connectivity index (χ2n) is 2.24. The molecule has 2 N–H and O–H groups in total. The molecule has 0 aromatic rings. The standard InChI is InChI=1S/C6H15N/c1-4-5(2)6(3)7/h5-6H,4,7H2,1-3H3/t5?,6-/m1/s1. The van der Waals surface area contributed by atoms with Crippen LogP contribution in [0.5, 0.6) is 0 Å². The van der Waals surface area contributed by atoms with E-state index >= 15 is 0 Å². The van der Waals surface area contributed by atoms with Gasteiger partial charge in [0.25, 0.3) is 0 Å². The molecule has 1 unspecified atom stereocenters. The molecule has 0 aromatic heterocycles. The zero-order valence-corrected chi connectivity index (χ0v) is 5.44. The Morgan fingerprint density at radius 3 is 1.86 bits per heavy atom. The molecular weight excluding hydrogens is 86.1 g/mol. The van der Waals surface area contributed by atoms with Gasteiger partial charge in [0.05, 0.1) is 0 Å². The van der Waals surface area contributed by atoms with Gasteiger partial charge in [0.1, 0.15) is 0 Å². The zero-order valence-electron chi connectivity index (χ0n) is 5.44. The Labute approximate surface area is 45.9 Å². The summed E-state index contributed by atoms with van der Waals surface area (Å²) >= 11 is 0. The minimum Gasteiger partial charge on any atom is -0.328 e. The molecule has 0 aliphatic carbocycles. The number of hydrogen-bond donors (Lipinski definition) is 1. The molecule has 0 radical (unpaired) electrons. The fraction of sp³-hybridized carbons (Fsp3) is 1.00. The maximum Gasteiger partial charge on any atom is 0.00360 e. The van der Waals surface area contributed by atoms with Gasteiger partial charge in [-0.15, -0.1) is 0 Å². The van der Waals surface area contributed by atoms with E-state index in [0.717, 1.165) is 0 Å². The van der Waals surface area contributed by atoms with Crippen LogP contribution in [0, 0.1) is 5.92 Å². The Balaban J connectivity index is 3.14. The summed E-state index contributed by atoms with van der Waals surface area (Å²) in [5.74, 6) is 0.681. The molecule has 0 fully saturated rings. The predicted molar refractivity (Wildman–Crippen MR) is 33.1 cm³/mol. The molecule has 0 heterocycles. The Kier molecular flexibility index (Phi) is 3.01. The first kappa shape index (κ1) is 6.96. The zero-order chi connectivity index (χ0) is 5.86. The second kappa shape index (κ2) is 3.03. The van der Waals surface area contributed by atoms with Gasteiger partial charge in [-0.1, -0.05) is 20.3 Å². The molecule has 1 nitrogen and oxygen atoms in total.